The molecule has 0 aromatic heterocycles. The van der Waals surface area contributed by atoms with E-state index in [1.54, 1.807) is 0 Å². The van der Waals surface area contributed by atoms with Crippen LogP contribution in [0.3, 0.4) is 0 Å². The van der Waals surface area contributed by atoms with Crippen molar-refractivity contribution >= 4 is 0 Å². The van der Waals surface area contributed by atoms with Gasteiger partial charge in [0.1, 0.15) is 0 Å². The van der Waals surface area contributed by atoms with Crippen LogP contribution in [0.1, 0.15) is 19.3 Å². The zero-order chi connectivity index (χ0) is 6.16. The highest BCUT2D eigenvalue weighted by Crippen LogP contribution is 2.39. The zero-order valence-corrected chi connectivity index (χ0v) is 5.64. The van der Waals surface area contributed by atoms with Gasteiger partial charge in [0.2, 0.25) is 0 Å². The second-order valence-corrected chi connectivity index (χ2v) is 3.18. The monoisotopic (exact) mass is 122 g/mol. The minimum Gasteiger partial charge on any atom is -0.241 e. The first-order chi connectivity index (χ1) is 4.41. The molecule has 0 aromatic carbocycles. The summed E-state index contributed by atoms with van der Waals surface area (Å²) < 4.78 is 0. The Morgan fingerprint density at radius 3 is 2.67 bits per heavy atom. The van der Waals surface area contributed by atoms with Crippen molar-refractivity contribution in [1.29, 1.82) is 0 Å². The third kappa shape index (κ3) is 0.799. The highest BCUT2D eigenvalue weighted by atomic mass is 14.9. The molecule has 0 bridgehead atoms. The Kier molecular flexibility index (Phi) is 1.12. The molecule has 1 fully saturated rings. The topological polar surface area (TPSA) is 14.1 Å². The lowest BCUT2D eigenvalue weighted by Crippen LogP contribution is -2.37. The van der Waals surface area contributed by atoms with E-state index < -0.39 is 0 Å². The molecule has 1 aliphatic heterocycles. The van der Waals surface area contributed by atoms with Crippen molar-refractivity contribution in [2.24, 2.45) is 5.41 Å². The Labute approximate surface area is 56.1 Å². The molecule has 0 N–H and O–H groups in total. The molecule has 9 heavy (non-hydrogen) atoms. The molecule has 49 valence electrons. The second kappa shape index (κ2) is 1.84. The van der Waals surface area contributed by atoms with E-state index in [4.69, 9.17) is 0 Å². The van der Waals surface area contributed by atoms with E-state index in [2.05, 4.69) is 17.5 Å². The molecular formula is C8H12N. The Bertz CT molecular complexity index is 132. The van der Waals surface area contributed by atoms with Gasteiger partial charge in [-0.3, -0.25) is 0 Å². The first-order valence-corrected chi connectivity index (χ1v) is 3.72. The number of nitrogens with zero attached hydrogens (tertiary/aromatic N) is 1. The Hall–Kier alpha value is -0.300. The molecule has 1 aliphatic carbocycles. The van der Waals surface area contributed by atoms with E-state index in [-0.39, 0.29) is 0 Å². The fraction of sp³-hybridized carbons (Fsp3) is 0.750. The van der Waals surface area contributed by atoms with E-state index in [0.29, 0.717) is 5.41 Å². The van der Waals surface area contributed by atoms with Gasteiger partial charge in [-0.2, -0.15) is 0 Å². The first kappa shape index (κ1) is 5.48. The van der Waals surface area contributed by atoms with Crippen molar-refractivity contribution in [3.05, 3.63) is 12.2 Å². The van der Waals surface area contributed by atoms with Crippen molar-refractivity contribution in [1.82, 2.24) is 5.32 Å². The summed E-state index contributed by atoms with van der Waals surface area (Å²) in [6.45, 7) is 2.21. The van der Waals surface area contributed by atoms with Crippen LogP contribution in [-0.4, -0.2) is 13.1 Å². The van der Waals surface area contributed by atoms with E-state index in [9.17, 15) is 0 Å². The van der Waals surface area contributed by atoms with Crippen molar-refractivity contribution < 1.29 is 0 Å². The Morgan fingerprint density at radius 2 is 2.33 bits per heavy atom. The molecule has 2 aliphatic rings. The molecule has 1 heteroatoms. The fourth-order valence-electron chi connectivity index (χ4n) is 1.68. The minimum atomic E-state index is 0.554. The van der Waals surface area contributed by atoms with Crippen molar-refractivity contribution in [3.8, 4) is 0 Å². The van der Waals surface area contributed by atoms with Crippen LogP contribution in [0.25, 0.3) is 0 Å². The molecule has 0 amide bonds. The summed E-state index contributed by atoms with van der Waals surface area (Å²) in [6, 6.07) is 0. The van der Waals surface area contributed by atoms with E-state index in [1.807, 2.05) is 0 Å². The second-order valence-electron chi connectivity index (χ2n) is 3.18. The normalized spacial score (nSPS) is 40.9. The van der Waals surface area contributed by atoms with Crippen LogP contribution in [0.15, 0.2) is 12.2 Å². The molecule has 1 unspecified atom stereocenters. The van der Waals surface area contributed by atoms with Gasteiger partial charge in [-0.15, -0.1) is 0 Å². The summed E-state index contributed by atoms with van der Waals surface area (Å²) in [5, 5.41) is 4.40. The summed E-state index contributed by atoms with van der Waals surface area (Å²) in [4.78, 5) is 0. The minimum absolute atomic E-state index is 0.554. The van der Waals surface area contributed by atoms with Crippen LogP contribution < -0.4 is 5.32 Å². The van der Waals surface area contributed by atoms with Gasteiger partial charge < -0.3 is 0 Å². The molecule has 1 radical (unpaired) electrons. The molecule has 0 aromatic rings. The van der Waals surface area contributed by atoms with Gasteiger partial charge in [0.05, 0.1) is 0 Å². The van der Waals surface area contributed by atoms with E-state index in [1.165, 1.54) is 19.3 Å². The van der Waals surface area contributed by atoms with Gasteiger partial charge >= 0.3 is 0 Å². The smallest absolute Gasteiger partial charge is 0.0227 e. The highest BCUT2D eigenvalue weighted by Gasteiger charge is 2.32. The fourth-order valence-corrected chi connectivity index (χ4v) is 1.68. The summed E-state index contributed by atoms with van der Waals surface area (Å²) in [6.07, 6.45) is 8.59. The van der Waals surface area contributed by atoms with Gasteiger partial charge in [-0.1, -0.05) is 12.2 Å². The maximum atomic E-state index is 4.40. The van der Waals surface area contributed by atoms with Gasteiger partial charge in [-0.05, 0) is 19.3 Å². The maximum absolute atomic E-state index is 4.40. The van der Waals surface area contributed by atoms with Gasteiger partial charge in [0.25, 0.3) is 0 Å². The van der Waals surface area contributed by atoms with Gasteiger partial charge in [0, 0.05) is 18.5 Å². The average molecular weight is 122 g/mol. The third-order valence-corrected chi connectivity index (χ3v) is 2.41. The van der Waals surface area contributed by atoms with Crippen LogP contribution in [0.5, 0.6) is 0 Å². The quantitative estimate of drug-likeness (QED) is 0.430. The lowest BCUT2D eigenvalue weighted by atomic mass is 9.71. The predicted molar refractivity (Wildman–Crippen MR) is 37.3 cm³/mol. The Balaban J connectivity index is 2.02. The van der Waals surface area contributed by atoms with Crippen molar-refractivity contribution in [3.63, 3.8) is 0 Å². The standard InChI is InChI=1S/C8H12N/c1-3-8(4-1)5-2-6-9-7-8/h1,3H,2,4-7H2. The molecule has 1 spiro atoms. The first-order valence-electron chi connectivity index (χ1n) is 3.72. The van der Waals surface area contributed by atoms with Gasteiger partial charge in [0.15, 0.2) is 0 Å². The van der Waals surface area contributed by atoms with Crippen LogP contribution in [0.2, 0.25) is 0 Å². The SMILES string of the molecule is C1=CC2(C1)CCC[N]C2. The largest absolute Gasteiger partial charge is 0.241 e. The number of hydrogen-bond donors (Lipinski definition) is 0. The molecular weight excluding hydrogens is 110 g/mol. The number of piperidine rings is 1. The predicted octanol–water partition coefficient (Wildman–Crippen LogP) is 1.33. The van der Waals surface area contributed by atoms with E-state index in [0.717, 1.165) is 13.1 Å². The lowest BCUT2D eigenvalue weighted by Gasteiger charge is -2.38. The molecule has 1 atom stereocenters. The highest BCUT2D eigenvalue weighted by molar-refractivity contribution is 5.14. The summed E-state index contributed by atoms with van der Waals surface area (Å²) >= 11 is 0. The van der Waals surface area contributed by atoms with Crippen molar-refractivity contribution in [2.45, 2.75) is 19.3 Å². The maximum Gasteiger partial charge on any atom is 0.0227 e. The van der Waals surface area contributed by atoms with Crippen molar-refractivity contribution in [2.75, 3.05) is 13.1 Å². The van der Waals surface area contributed by atoms with E-state index >= 15 is 0 Å². The van der Waals surface area contributed by atoms with Gasteiger partial charge in [-0.25, -0.2) is 5.32 Å². The molecule has 1 saturated heterocycles. The molecule has 1 nitrogen and oxygen atoms in total. The Morgan fingerprint density at radius 1 is 1.44 bits per heavy atom. The summed E-state index contributed by atoms with van der Waals surface area (Å²) in [5.74, 6) is 0. The number of allylic oxidation sites excluding steroid dienone is 1. The molecule has 1 heterocycles. The lowest BCUT2D eigenvalue weighted by molar-refractivity contribution is 0.252. The number of rotatable bonds is 0. The van der Waals surface area contributed by atoms with Crippen LogP contribution in [0, 0.1) is 5.41 Å². The third-order valence-electron chi connectivity index (χ3n) is 2.41. The molecule has 0 saturated carbocycles. The van der Waals surface area contributed by atoms with Crippen LogP contribution in [0.4, 0.5) is 0 Å². The summed E-state index contributed by atoms with van der Waals surface area (Å²) in [5.41, 5.74) is 0.554. The zero-order valence-electron chi connectivity index (χ0n) is 5.64. The van der Waals surface area contributed by atoms with Crippen LogP contribution in [-0.2, 0) is 0 Å². The van der Waals surface area contributed by atoms with Crippen LogP contribution >= 0.6 is 0 Å². The molecule has 2 rings (SSSR count). The summed E-state index contributed by atoms with van der Waals surface area (Å²) in [7, 11) is 0. The average Bonchev–Trinajstić information content (AvgIpc) is 1.87. The number of hydrogen-bond acceptors (Lipinski definition) is 0.